The molecule has 1 fully saturated rings. The number of hydrogen-bond acceptors (Lipinski definition) is 7. The summed E-state index contributed by atoms with van der Waals surface area (Å²) >= 11 is 1.55. The molecule has 1 aliphatic rings. The highest BCUT2D eigenvalue weighted by molar-refractivity contribution is 7.13. The van der Waals surface area contributed by atoms with Crippen LogP contribution in [-0.4, -0.2) is 45.4 Å². The lowest BCUT2D eigenvalue weighted by Gasteiger charge is -2.31. The molecule has 23 heavy (non-hydrogen) atoms. The highest BCUT2D eigenvalue weighted by atomic mass is 32.1. The molecule has 0 bridgehead atoms. The van der Waals surface area contributed by atoms with E-state index in [9.17, 15) is 4.79 Å². The topological polar surface area (TPSA) is 97.0 Å². The van der Waals surface area contributed by atoms with Gasteiger partial charge in [-0.1, -0.05) is 0 Å². The smallest absolute Gasteiger partial charge is 0.231 e. The fourth-order valence-corrected chi connectivity index (χ4v) is 3.59. The van der Waals surface area contributed by atoms with Crippen molar-refractivity contribution in [2.45, 2.75) is 25.7 Å². The second-order valence-electron chi connectivity index (χ2n) is 5.75. The van der Waals surface area contributed by atoms with Crippen molar-refractivity contribution in [2.24, 2.45) is 5.73 Å². The summed E-state index contributed by atoms with van der Waals surface area (Å²) in [6.07, 6.45) is 5.43. The van der Waals surface area contributed by atoms with Crippen molar-refractivity contribution in [3.63, 3.8) is 0 Å². The van der Waals surface area contributed by atoms with Crippen molar-refractivity contribution < 1.29 is 4.79 Å². The van der Waals surface area contributed by atoms with Gasteiger partial charge in [0, 0.05) is 30.2 Å². The largest absolute Gasteiger partial charge is 0.369 e. The molecule has 1 amide bonds. The summed E-state index contributed by atoms with van der Waals surface area (Å²) in [6.45, 7) is 3.93. The van der Waals surface area contributed by atoms with Crippen LogP contribution in [0.1, 0.15) is 30.1 Å². The van der Waals surface area contributed by atoms with Crippen LogP contribution in [0.15, 0.2) is 17.8 Å². The van der Waals surface area contributed by atoms with Gasteiger partial charge in [-0.3, -0.25) is 14.7 Å². The molecule has 0 saturated carbocycles. The van der Waals surface area contributed by atoms with Crippen LogP contribution in [0.3, 0.4) is 0 Å². The van der Waals surface area contributed by atoms with E-state index in [1.807, 2.05) is 12.3 Å². The van der Waals surface area contributed by atoms with Gasteiger partial charge in [-0.25, -0.2) is 9.97 Å². The van der Waals surface area contributed by atoms with E-state index < -0.39 is 0 Å². The van der Waals surface area contributed by atoms with Gasteiger partial charge >= 0.3 is 0 Å². The number of likely N-dealkylation sites (tertiary alicyclic amines) is 1. The molecule has 2 aromatic heterocycles. The molecule has 0 spiro atoms. The average molecular weight is 332 g/mol. The third-order valence-corrected chi connectivity index (χ3v) is 4.72. The lowest BCUT2D eigenvalue weighted by Crippen LogP contribution is -2.40. The Hall–Kier alpha value is -2.06. The molecule has 1 unspecified atom stereocenters. The highest BCUT2D eigenvalue weighted by Crippen LogP contribution is 2.31. The van der Waals surface area contributed by atoms with Crippen molar-refractivity contribution in [1.82, 2.24) is 19.9 Å². The molecule has 3 rings (SSSR count). The van der Waals surface area contributed by atoms with E-state index in [0.29, 0.717) is 6.54 Å². The summed E-state index contributed by atoms with van der Waals surface area (Å²) in [6, 6.07) is 0. The van der Waals surface area contributed by atoms with Gasteiger partial charge < -0.3 is 11.1 Å². The molecule has 8 heteroatoms. The fourth-order valence-electron chi connectivity index (χ4n) is 2.90. The Morgan fingerprint density at radius 1 is 1.48 bits per heavy atom. The molecule has 122 valence electrons. The number of nitrogens with zero attached hydrogens (tertiary/aromatic N) is 4. The number of aromatic nitrogens is 3. The van der Waals surface area contributed by atoms with Crippen LogP contribution >= 0.6 is 11.3 Å². The molecule has 1 aliphatic heterocycles. The number of carbonyl (C=O) groups is 1. The van der Waals surface area contributed by atoms with Gasteiger partial charge in [0.15, 0.2) is 10.9 Å². The van der Waals surface area contributed by atoms with Gasteiger partial charge in [-0.05, 0) is 26.3 Å². The molecule has 2 aromatic rings. The summed E-state index contributed by atoms with van der Waals surface area (Å²) in [7, 11) is 0. The van der Waals surface area contributed by atoms with Crippen molar-refractivity contribution >= 4 is 28.2 Å². The minimum absolute atomic E-state index is 0.236. The first-order chi connectivity index (χ1) is 11.1. The lowest BCUT2D eigenvalue weighted by molar-refractivity contribution is -0.119. The number of nitrogens with one attached hydrogen (secondary N) is 1. The van der Waals surface area contributed by atoms with Crippen LogP contribution in [-0.2, 0) is 4.79 Å². The second-order valence-corrected chi connectivity index (χ2v) is 6.61. The van der Waals surface area contributed by atoms with Gasteiger partial charge in [0.25, 0.3) is 0 Å². The SMILES string of the molecule is Cc1csc(Nc2nccnc2C2CCCN(CC(N)=O)C2)n1. The normalized spacial score (nSPS) is 18.7. The number of nitrogens with two attached hydrogens (primary N) is 1. The Morgan fingerprint density at radius 3 is 3.04 bits per heavy atom. The summed E-state index contributed by atoms with van der Waals surface area (Å²) in [5.74, 6) is 0.689. The van der Waals surface area contributed by atoms with Crippen molar-refractivity contribution in [2.75, 3.05) is 25.0 Å². The maximum absolute atomic E-state index is 11.2. The number of anilines is 2. The molecule has 3 heterocycles. The number of hydrogen-bond donors (Lipinski definition) is 2. The van der Waals surface area contributed by atoms with E-state index in [1.165, 1.54) is 0 Å². The predicted molar refractivity (Wildman–Crippen MR) is 89.8 cm³/mol. The number of piperidine rings is 1. The molecule has 0 aromatic carbocycles. The summed E-state index contributed by atoms with van der Waals surface area (Å²) in [4.78, 5) is 26.6. The van der Waals surface area contributed by atoms with Crippen molar-refractivity contribution in [1.29, 1.82) is 0 Å². The van der Waals surface area contributed by atoms with Crippen molar-refractivity contribution in [3.05, 3.63) is 29.2 Å². The number of amides is 1. The monoisotopic (exact) mass is 332 g/mol. The maximum Gasteiger partial charge on any atom is 0.231 e. The second kappa shape index (κ2) is 7.01. The van der Waals surface area contributed by atoms with Crippen LogP contribution < -0.4 is 11.1 Å². The summed E-state index contributed by atoms with van der Waals surface area (Å²) in [5, 5.41) is 6.08. The standard InChI is InChI=1S/C15H20N6OS/c1-10-9-23-15(19-10)20-14-13(17-4-5-18-14)11-3-2-6-21(7-11)8-12(16)22/h4-5,9,11H,2-3,6-8H2,1H3,(H2,16,22)(H,18,19,20). The number of rotatable bonds is 5. The average Bonchev–Trinajstić information content (AvgIpc) is 2.92. The molecule has 1 saturated heterocycles. The van der Waals surface area contributed by atoms with E-state index >= 15 is 0 Å². The fraction of sp³-hybridized carbons (Fsp3) is 0.467. The summed E-state index contributed by atoms with van der Waals surface area (Å²) < 4.78 is 0. The Labute approximate surface area is 139 Å². The van der Waals surface area contributed by atoms with Gasteiger partial charge in [0.2, 0.25) is 5.91 Å². The Balaban J connectivity index is 1.78. The van der Waals surface area contributed by atoms with E-state index in [-0.39, 0.29) is 11.8 Å². The zero-order valence-electron chi connectivity index (χ0n) is 13.0. The van der Waals surface area contributed by atoms with Gasteiger partial charge in [0.05, 0.1) is 17.9 Å². The van der Waals surface area contributed by atoms with Gasteiger partial charge in [-0.15, -0.1) is 11.3 Å². The molecular weight excluding hydrogens is 312 g/mol. The van der Waals surface area contributed by atoms with E-state index in [2.05, 4.69) is 25.2 Å². The Bertz CT molecular complexity index is 688. The minimum atomic E-state index is -0.290. The van der Waals surface area contributed by atoms with E-state index in [0.717, 1.165) is 48.3 Å². The Kier molecular flexibility index (Phi) is 4.82. The molecule has 1 atom stereocenters. The zero-order valence-corrected chi connectivity index (χ0v) is 13.8. The first-order valence-electron chi connectivity index (χ1n) is 7.62. The van der Waals surface area contributed by atoms with Gasteiger partial charge in [-0.2, -0.15) is 0 Å². The quantitative estimate of drug-likeness (QED) is 0.864. The van der Waals surface area contributed by atoms with E-state index in [1.54, 1.807) is 23.7 Å². The third kappa shape index (κ3) is 4.02. The van der Waals surface area contributed by atoms with E-state index in [4.69, 9.17) is 5.73 Å². The maximum atomic E-state index is 11.2. The van der Waals surface area contributed by atoms with Crippen LogP contribution in [0.2, 0.25) is 0 Å². The molecule has 3 N–H and O–H groups in total. The summed E-state index contributed by atoms with van der Waals surface area (Å²) in [5.41, 5.74) is 7.22. The molecule has 7 nitrogen and oxygen atoms in total. The minimum Gasteiger partial charge on any atom is -0.369 e. The first kappa shape index (κ1) is 15.8. The highest BCUT2D eigenvalue weighted by Gasteiger charge is 2.26. The molecule has 0 radical (unpaired) electrons. The number of aryl methyl sites for hydroxylation is 1. The Morgan fingerprint density at radius 2 is 2.30 bits per heavy atom. The number of thiazole rings is 1. The van der Waals surface area contributed by atoms with Crippen LogP contribution in [0.25, 0.3) is 0 Å². The molecular formula is C15H20N6OS. The van der Waals surface area contributed by atoms with Crippen LogP contribution in [0, 0.1) is 6.92 Å². The van der Waals surface area contributed by atoms with Crippen molar-refractivity contribution in [3.8, 4) is 0 Å². The van der Waals surface area contributed by atoms with Gasteiger partial charge in [0.1, 0.15) is 0 Å². The number of carbonyl (C=O) groups excluding carboxylic acids is 1. The third-order valence-electron chi connectivity index (χ3n) is 3.84. The molecule has 0 aliphatic carbocycles. The first-order valence-corrected chi connectivity index (χ1v) is 8.50. The van der Waals surface area contributed by atoms with Crippen LogP contribution in [0.5, 0.6) is 0 Å². The number of primary amides is 1. The lowest BCUT2D eigenvalue weighted by atomic mass is 9.94. The van der Waals surface area contributed by atoms with Crippen LogP contribution in [0.4, 0.5) is 10.9 Å². The zero-order chi connectivity index (χ0) is 16.2. The predicted octanol–water partition coefficient (Wildman–Crippen LogP) is 1.65.